The Morgan fingerprint density at radius 3 is 2.64 bits per heavy atom. The van der Waals surface area contributed by atoms with Gasteiger partial charge in [0, 0.05) is 26.2 Å². The van der Waals surface area contributed by atoms with Gasteiger partial charge in [0.2, 0.25) is 5.88 Å². The van der Waals surface area contributed by atoms with Crippen molar-refractivity contribution in [1.82, 2.24) is 14.7 Å². The molecule has 4 rings (SSSR count). The molecule has 1 fully saturated rings. The molecule has 1 aliphatic rings. The number of aryl methyl sites for hydroxylation is 1. The minimum atomic E-state index is -0.451. The van der Waals surface area contributed by atoms with Gasteiger partial charge >= 0.3 is 0 Å². The van der Waals surface area contributed by atoms with Crippen molar-refractivity contribution in [3.05, 3.63) is 78.5 Å². The maximum Gasteiger partial charge on any atom is 0.227 e. The lowest BCUT2D eigenvalue weighted by Gasteiger charge is -2.27. The van der Waals surface area contributed by atoms with Crippen molar-refractivity contribution in [2.45, 2.75) is 51.4 Å². The summed E-state index contributed by atoms with van der Waals surface area (Å²) in [6, 6.07) is 17.6. The van der Waals surface area contributed by atoms with Gasteiger partial charge in [-0.3, -0.25) is 4.90 Å². The highest BCUT2D eigenvalue weighted by Crippen LogP contribution is 2.36. The normalized spacial score (nSPS) is 16.3. The van der Waals surface area contributed by atoms with Crippen LogP contribution in [0.1, 0.15) is 36.9 Å². The summed E-state index contributed by atoms with van der Waals surface area (Å²) < 4.78 is 19.8. The van der Waals surface area contributed by atoms with Gasteiger partial charge in [0.15, 0.2) is 11.5 Å². The molecule has 0 aliphatic carbocycles. The molecule has 7 nitrogen and oxygen atoms in total. The maximum atomic E-state index is 10.7. The summed E-state index contributed by atoms with van der Waals surface area (Å²) in [4.78, 5) is 2.26. The number of allylic oxidation sites excluding steroid dienone is 1. The number of ether oxygens (including phenoxy) is 3. The number of hydrogen-bond acceptors (Lipinski definition) is 6. The Hall–Kier alpha value is -3.13. The summed E-state index contributed by atoms with van der Waals surface area (Å²) in [5, 5.41) is 15.6. The first-order chi connectivity index (χ1) is 17.6. The number of aromatic nitrogens is 2. The monoisotopic (exact) mass is 491 g/mol. The fourth-order valence-electron chi connectivity index (χ4n) is 4.58. The van der Waals surface area contributed by atoms with Crippen LogP contribution in [0.5, 0.6) is 17.4 Å². The van der Waals surface area contributed by atoms with E-state index in [1.807, 2.05) is 72.3 Å². The molecule has 1 aromatic heterocycles. The van der Waals surface area contributed by atoms with Crippen LogP contribution in [0.2, 0.25) is 0 Å². The molecule has 0 unspecified atom stereocenters. The molecule has 0 saturated carbocycles. The van der Waals surface area contributed by atoms with E-state index in [9.17, 15) is 5.11 Å². The van der Waals surface area contributed by atoms with Crippen molar-refractivity contribution in [2.24, 2.45) is 0 Å². The van der Waals surface area contributed by atoms with Crippen LogP contribution in [-0.2, 0) is 11.3 Å². The average molecular weight is 492 g/mol. The van der Waals surface area contributed by atoms with E-state index >= 15 is 0 Å². The van der Waals surface area contributed by atoms with Crippen LogP contribution >= 0.6 is 0 Å². The third-order valence-corrected chi connectivity index (χ3v) is 6.45. The zero-order valence-corrected chi connectivity index (χ0v) is 21.3. The van der Waals surface area contributed by atoms with Gasteiger partial charge in [-0.05, 0) is 56.9 Å². The van der Waals surface area contributed by atoms with Crippen LogP contribution in [0.4, 0.5) is 0 Å². The van der Waals surface area contributed by atoms with E-state index in [0.29, 0.717) is 36.9 Å². The quantitative estimate of drug-likeness (QED) is 0.328. The molecule has 0 bridgehead atoms. The number of aliphatic hydroxyl groups is 1. The van der Waals surface area contributed by atoms with Crippen molar-refractivity contribution < 1.29 is 19.3 Å². The summed E-state index contributed by atoms with van der Waals surface area (Å²) in [6.07, 6.45) is 5.13. The molecule has 36 heavy (non-hydrogen) atoms. The second kappa shape index (κ2) is 12.7. The third-order valence-electron chi connectivity index (χ3n) is 6.45. The molecular weight excluding hydrogens is 454 g/mol. The molecule has 0 amide bonds. The number of nitrogens with zero attached hydrogens (tertiary/aromatic N) is 3. The van der Waals surface area contributed by atoms with Crippen molar-refractivity contribution in [2.75, 3.05) is 26.8 Å². The molecule has 3 aromatic rings. The van der Waals surface area contributed by atoms with Gasteiger partial charge in [-0.2, -0.15) is 5.10 Å². The highest BCUT2D eigenvalue weighted by molar-refractivity contribution is 5.47. The van der Waals surface area contributed by atoms with E-state index in [1.165, 1.54) is 0 Å². The minimum Gasteiger partial charge on any atom is -0.493 e. The Kier molecular flexibility index (Phi) is 9.17. The van der Waals surface area contributed by atoms with Gasteiger partial charge in [-0.15, -0.1) is 6.58 Å². The molecule has 192 valence electrons. The molecule has 1 saturated heterocycles. The second-order valence-electron chi connectivity index (χ2n) is 9.22. The number of aliphatic hydroxyl groups excluding tert-OH is 1. The van der Waals surface area contributed by atoms with Gasteiger partial charge in [-0.1, -0.05) is 36.4 Å². The third kappa shape index (κ3) is 6.55. The summed E-state index contributed by atoms with van der Waals surface area (Å²) in [7, 11) is 1.64. The van der Waals surface area contributed by atoms with Gasteiger partial charge in [0.25, 0.3) is 0 Å². The predicted octanol–water partition coefficient (Wildman–Crippen LogP) is 5.29. The zero-order chi connectivity index (χ0) is 25.3. The topological polar surface area (TPSA) is 69.0 Å². The summed E-state index contributed by atoms with van der Waals surface area (Å²) in [5.74, 6) is 1.91. The Labute approximate surface area is 213 Å². The van der Waals surface area contributed by atoms with Crippen LogP contribution in [0, 0.1) is 6.92 Å². The molecule has 7 heteroatoms. The largest absolute Gasteiger partial charge is 0.493 e. The average Bonchev–Trinajstić information content (AvgIpc) is 3.52. The van der Waals surface area contributed by atoms with Crippen molar-refractivity contribution >= 4 is 0 Å². The number of rotatable bonds is 13. The summed E-state index contributed by atoms with van der Waals surface area (Å²) in [6.45, 7) is 8.45. The number of benzene rings is 2. The minimum absolute atomic E-state index is 0.166. The molecule has 0 radical (unpaired) electrons. The SMILES string of the molecule is C=CCC[C@@H](O)CN(Cc1c(C)nn(-c2ccccc2)c1Oc1ccccc1OC)C[C@H]1CCCO1. The Morgan fingerprint density at radius 2 is 1.94 bits per heavy atom. The van der Waals surface area contributed by atoms with E-state index in [2.05, 4.69) is 11.5 Å². The summed E-state index contributed by atoms with van der Waals surface area (Å²) >= 11 is 0. The molecule has 2 atom stereocenters. The molecular formula is C29H37N3O4. The van der Waals surface area contributed by atoms with Gasteiger partial charge < -0.3 is 19.3 Å². The van der Waals surface area contributed by atoms with Gasteiger partial charge in [0.1, 0.15) is 0 Å². The number of hydrogen-bond donors (Lipinski definition) is 1. The van der Waals surface area contributed by atoms with Crippen LogP contribution in [0.3, 0.4) is 0 Å². The molecule has 2 aromatic carbocycles. The number of methoxy groups -OCH3 is 1. The fraction of sp³-hybridized carbons (Fsp3) is 0.414. The fourth-order valence-corrected chi connectivity index (χ4v) is 4.58. The lowest BCUT2D eigenvalue weighted by molar-refractivity contribution is 0.0442. The molecule has 2 heterocycles. The van der Waals surface area contributed by atoms with Crippen LogP contribution in [0.25, 0.3) is 5.69 Å². The Bertz CT molecular complexity index is 1110. The Morgan fingerprint density at radius 1 is 1.19 bits per heavy atom. The lowest BCUT2D eigenvalue weighted by Crippen LogP contribution is -2.37. The van der Waals surface area contributed by atoms with E-state index in [0.717, 1.165) is 49.4 Å². The van der Waals surface area contributed by atoms with Crippen molar-refractivity contribution in [3.8, 4) is 23.1 Å². The number of para-hydroxylation sites is 3. The maximum absolute atomic E-state index is 10.7. The molecule has 0 spiro atoms. The van der Waals surface area contributed by atoms with E-state index in [-0.39, 0.29) is 6.10 Å². The van der Waals surface area contributed by atoms with Crippen LogP contribution in [0.15, 0.2) is 67.3 Å². The first-order valence-electron chi connectivity index (χ1n) is 12.7. The first-order valence-corrected chi connectivity index (χ1v) is 12.7. The van der Waals surface area contributed by atoms with Crippen LogP contribution in [-0.4, -0.2) is 58.8 Å². The second-order valence-corrected chi connectivity index (χ2v) is 9.22. The molecule has 1 aliphatic heterocycles. The highest BCUT2D eigenvalue weighted by atomic mass is 16.5. The Balaban J connectivity index is 1.69. The van der Waals surface area contributed by atoms with Crippen molar-refractivity contribution in [1.29, 1.82) is 0 Å². The summed E-state index contributed by atoms with van der Waals surface area (Å²) in [5.41, 5.74) is 2.76. The van der Waals surface area contributed by atoms with Gasteiger partial charge in [0.05, 0.1) is 36.3 Å². The standard InChI is InChI=1S/C29H37N3O4/c1-4-5-14-24(33)19-31(20-25-15-11-18-35-25)21-26-22(2)30-32(23-12-7-6-8-13-23)29(26)36-28-17-10-9-16-27(28)34-3/h4,6-10,12-13,16-17,24-25,33H,1,5,11,14-15,18-21H2,2-3H3/t24-,25-/m1/s1. The lowest BCUT2D eigenvalue weighted by atomic mass is 10.1. The smallest absolute Gasteiger partial charge is 0.227 e. The highest BCUT2D eigenvalue weighted by Gasteiger charge is 2.26. The van der Waals surface area contributed by atoms with E-state index in [1.54, 1.807) is 7.11 Å². The van der Waals surface area contributed by atoms with Crippen molar-refractivity contribution in [3.63, 3.8) is 0 Å². The zero-order valence-electron chi connectivity index (χ0n) is 21.3. The van der Waals surface area contributed by atoms with E-state index in [4.69, 9.17) is 19.3 Å². The van der Waals surface area contributed by atoms with Gasteiger partial charge in [-0.25, -0.2) is 4.68 Å². The molecule has 1 N–H and O–H groups in total. The predicted molar refractivity (Wildman–Crippen MR) is 141 cm³/mol. The van der Waals surface area contributed by atoms with Crippen LogP contribution < -0.4 is 9.47 Å². The van der Waals surface area contributed by atoms with E-state index < -0.39 is 6.10 Å². The first kappa shape index (κ1) is 25.9.